The number of alkyl carbamates (subject to hydrolysis) is 3. The van der Waals surface area contributed by atoms with Gasteiger partial charge >= 0.3 is 18.3 Å². The first kappa shape index (κ1) is 69.8. The first-order valence-corrected chi connectivity index (χ1v) is 38.2. The van der Waals surface area contributed by atoms with Gasteiger partial charge in [0.1, 0.15) is 18.3 Å². The quantitative estimate of drug-likeness (QED) is 0.0694. The summed E-state index contributed by atoms with van der Waals surface area (Å²) in [6, 6.07) is -0.351. The van der Waals surface area contributed by atoms with E-state index >= 15 is 0 Å². The smallest absolute Gasteiger partial charge is 0.407 e. The van der Waals surface area contributed by atoms with E-state index in [1.54, 1.807) is 0 Å². The molecule has 420 valence electrons. The molecule has 3 fully saturated rings. The minimum atomic E-state index is -1.94. The van der Waals surface area contributed by atoms with Gasteiger partial charge in [0, 0.05) is 17.8 Å². The minimum absolute atomic E-state index is 0.0484. The summed E-state index contributed by atoms with van der Waals surface area (Å²) in [5.74, 6) is 1.34. The molecule has 0 aromatic carbocycles. The Kier molecular flexibility index (Phi) is 27.2. The number of rotatable bonds is 18. The molecule has 72 heavy (non-hydrogen) atoms. The second-order valence-corrected chi connectivity index (χ2v) is 45.6. The lowest BCUT2D eigenvalue weighted by atomic mass is 9.89. The number of halogens is 3. The third kappa shape index (κ3) is 20.8. The number of hydrogen-bond donors (Lipinski definition) is 3. The van der Waals surface area contributed by atoms with Gasteiger partial charge in [0.05, 0.1) is 36.4 Å². The lowest BCUT2D eigenvalue weighted by Gasteiger charge is -2.43. The lowest BCUT2D eigenvalue weighted by Crippen LogP contribution is -2.54. The number of hydrogen-bond acceptors (Lipinski definition) is 9. The molecule has 0 unspecified atom stereocenters. The number of ether oxygens (including phenoxy) is 3. The van der Waals surface area contributed by atoms with E-state index in [0.29, 0.717) is 17.8 Å². The Balaban J connectivity index is 0.000000540. The minimum Gasteiger partial charge on any atom is -0.443 e. The number of carbonyl (C=O) groups is 3. The van der Waals surface area contributed by atoms with Crippen LogP contribution in [0.5, 0.6) is 0 Å². The average molecular weight is 1400 g/mol. The zero-order valence-electron chi connectivity index (χ0n) is 49.7. The van der Waals surface area contributed by atoms with Crippen LogP contribution in [0.4, 0.5) is 14.4 Å². The molecule has 3 aliphatic rings. The van der Waals surface area contributed by atoms with Crippen molar-refractivity contribution in [3.8, 4) is 0 Å². The lowest BCUT2D eigenvalue weighted by molar-refractivity contribution is 0.0437. The fraction of sp³-hybridized carbons (Fsp3) is 0.833. The van der Waals surface area contributed by atoms with E-state index in [-0.39, 0.29) is 106 Å². The Morgan fingerprint density at radius 3 is 0.764 bits per heavy atom. The summed E-state index contributed by atoms with van der Waals surface area (Å²) in [4.78, 5) is 35.8. The topological polar surface area (TPSA) is 143 Å². The highest BCUT2D eigenvalue weighted by Crippen LogP contribution is 2.43. The van der Waals surface area contributed by atoms with Crippen molar-refractivity contribution in [3.63, 3.8) is 0 Å². The molecule has 3 saturated heterocycles. The monoisotopic (exact) mass is 1400 g/mol. The van der Waals surface area contributed by atoms with Crippen molar-refractivity contribution < 1.29 is 41.9 Å². The molecule has 3 rings (SSSR count). The van der Waals surface area contributed by atoms with Crippen LogP contribution in [0.2, 0.25) is 54.4 Å². The van der Waals surface area contributed by atoms with Gasteiger partial charge in [-0.1, -0.05) is 143 Å². The summed E-state index contributed by atoms with van der Waals surface area (Å²) in [5.41, 5.74) is 0. The largest absolute Gasteiger partial charge is 0.443 e. The molecule has 0 saturated carbocycles. The predicted octanol–water partition coefficient (Wildman–Crippen LogP) is 16.5. The van der Waals surface area contributed by atoms with E-state index in [4.69, 9.17) is 27.5 Å². The molecule has 0 bridgehead atoms. The summed E-state index contributed by atoms with van der Waals surface area (Å²) in [7, 11) is -5.82. The van der Waals surface area contributed by atoms with Gasteiger partial charge in [-0.3, -0.25) is 0 Å². The summed E-state index contributed by atoms with van der Waals surface area (Å²) < 4.78 is 40.5. The Labute approximate surface area is 483 Å². The van der Waals surface area contributed by atoms with Crippen LogP contribution in [0.3, 0.4) is 0 Å². The van der Waals surface area contributed by atoms with Crippen molar-refractivity contribution in [3.05, 3.63) is 29.0 Å². The molecule has 0 aromatic rings. The van der Waals surface area contributed by atoms with Gasteiger partial charge in [-0.15, -0.1) is 0 Å². The average Bonchev–Trinajstić information content (AvgIpc) is 3.88. The summed E-state index contributed by atoms with van der Waals surface area (Å²) in [6.45, 7) is 59.1. The van der Waals surface area contributed by atoms with Gasteiger partial charge in [0.2, 0.25) is 0 Å². The van der Waals surface area contributed by atoms with E-state index in [9.17, 15) is 14.4 Å². The zero-order valence-corrected chi connectivity index (χ0v) is 59.2. The second-order valence-electron chi connectivity index (χ2n) is 26.2. The van der Waals surface area contributed by atoms with Crippen LogP contribution in [0, 0.1) is 35.5 Å². The standard InChI is InChI=1S/3C18H34INO3Si/c3*1-11(2)15(23-24(8,9)18(5,6)7)14-16(22-17(21)20-14)12(3)10-13(4)19/h3*10-12,14-16H,1-9H3,(H,20,21)/b3*13-10+/t3*12-,14-,15-,16-/m111/s1. The molecule has 3 N–H and O–H groups in total. The first-order valence-electron chi connectivity index (χ1n) is 26.2. The van der Waals surface area contributed by atoms with E-state index in [1.807, 2.05) is 0 Å². The van der Waals surface area contributed by atoms with E-state index in [2.05, 4.69) is 287 Å². The van der Waals surface area contributed by atoms with Crippen molar-refractivity contribution in [1.82, 2.24) is 16.0 Å². The Bertz CT molecular complexity index is 1650. The molecular formula is C54H102I3N3O9Si3. The third-order valence-corrected chi connectivity index (χ3v) is 29.9. The van der Waals surface area contributed by atoms with E-state index in [0.717, 1.165) is 0 Å². The van der Waals surface area contributed by atoms with Crippen molar-refractivity contribution >= 4 is 111 Å². The highest BCUT2D eigenvalue weighted by atomic mass is 127. The van der Waals surface area contributed by atoms with Crippen LogP contribution >= 0.6 is 67.8 Å². The number of allylic oxidation sites excluding steroid dienone is 3. The first-order chi connectivity index (χ1) is 32.3. The van der Waals surface area contributed by atoms with Gasteiger partial charge in [-0.25, -0.2) is 14.4 Å². The molecule has 12 nitrogen and oxygen atoms in total. The number of nitrogens with one attached hydrogen (secondary N) is 3. The van der Waals surface area contributed by atoms with Crippen molar-refractivity contribution in [2.75, 3.05) is 0 Å². The normalized spacial score (nSPS) is 25.5. The van der Waals surface area contributed by atoms with Gasteiger partial charge in [-0.2, -0.15) is 0 Å². The van der Waals surface area contributed by atoms with Gasteiger partial charge in [-0.05, 0) is 171 Å². The van der Waals surface area contributed by atoms with Crippen molar-refractivity contribution in [2.45, 2.75) is 255 Å². The van der Waals surface area contributed by atoms with Crippen LogP contribution in [0.15, 0.2) is 29.0 Å². The van der Waals surface area contributed by atoms with Crippen LogP contribution in [-0.4, -0.2) is 98.0 Å². The Morgan fingerprint density at radius 2 is 0.625 bits per heavy atom. The van der Waals surface area contributed by atoms with Crippen molar-refractivity contribution in [1.29, 1.82) is 0 Å². The maximum atomic E-state index is 11.9. The molecule has 3 amide bonds. The predicted molar refractivity (Wildman–Crippen MR) is 333 cm³/mol. The molecular weight excluding hydrogens is 1300 g/mol. The molecule has 12 atom stereocenters. The summed E-state index contributed by atoms with van der Waals surface area (Å²) in [5, 5.41) is 9.44. The molecule has 0 aromatic heterocycles. The number of amides is 3. The number of cyclic esters (lactones) is 3. The van der Waals surface area contributed by atoms with Gasteiger partial charge < -0.3 is 43.4 Å². The Hall–Kier alpha value is -0.249. The van der Waals surface area contributed by atoms with E-state index < -0.39 is 25.0 Å². The molecule has 18 heteroatoms. The van der Waals surface area contributed by atoms with Crippen LogP contribution in [0.1, 0.15) is 145 Å². The highest BCUT2D eigenvalue weighted by Gasteiger charge is 2.51. The maximum absolute atomic E-state index is 11.9. The summed E-state index contributed by atoms with van der Waals surface area (Å²) in [6.07, 6.45) is 4.74. The fourth-order valence-corrected chi connectivity index (χ4v) is 14.3. The van der Waals surface area contributed by atoms with Crippen LogP contribution in [-0.2, 0) is 27.5 Å². The molecule has 0 aliphatic carbocycles. The molecule has 0 spiro atoms. The summed E-state index contributed by atoms with van der Waals surface area (Å²) >= 11 is 6.89. The third-order valence-electron chi connectivity index (χ3n) is 15.4. The number of carbonyl (C=O) groups excluding carboxylic acids is 3. The molecule has 0 radical (unpaired) electrons. The zero-order chi connectivity index (χ0) is 56.6. The van der Waals surface area contributed by atoms with Gasteiger partial charge in [0.15, 0.2) is 25.0 Å². The van der Waals surface area contributed by atoms with Crippen LogP contribution in [0.25, 0.3) is 0 Å². The van der Waals surface area contributed by atoms with Crippen LogP contribution < -0.4 is 16.0 Å². The Morgan fingerprint density at radius 1 is 0.444 bits per heavy atom. The van der Waals surface area contributed by atoms with Gasteiger partial charge in [0.25, 0.3) is 0 Å². The van der Waals surface area contributed by atoms with Crippen molar-refractivity contribution in [2.24, 2.45) is 35.5 Å². The molecule has 3 aliphatic heterocycles. The second kappa shape index (κ2) is 28.1. The molecule has 3 heterocycles. The fourth-order valence-electron chi connectivity index (χ4n) is 8.25. The van der Waals surface area contributed by atoms with E-state index in [1.165, 1.54) is 10.7 Å². The SMILES string of the molecule is C/C(I)=C\[C@@H](C)[C@H]1OC(=O)N[C@@H]1[C@H](O[Si](C)(C)C(C)(C)C)C(C)C.C/C(I)=C\[C@@H](C)[C@H]1OC(=O)N[C@@H]1[C@H](O[Si](C)(C)C(C)(C)C)C(C)C.C/C(I)=C\[C@@H](C)[C@H]1OC(=O)N[C@@H]1[C@H](O[Si](C)(C)C(C)(C)C)C(C)C. The highest BCUT2D eigenvalue weighted by molar-refractivity contribution is 14.1. The maximum Gasteiger partial charge on any atom is 0.407 e.